The van der Waals surface area contributed by atoms with E-state index in [1.807, 2.05) is 20.0 Å². The zero-order valence-electron chi connectivity index (χ0n) is 17.5. The number of fused-ring (bicyclic) bond motifs is 2. The highest BCUT2D eigenvalue weighted by atomic mass is 19.1. The van der Waals surface area contributed by atoms with Crippen LogP contribution in [0.25, 0.3) is 33.2 Å². The van der Waals surface area contributed by atoms with Crippen molar-refractivity contribution in [2.24, 2.45) is 0 Å². The van der Waals surface area contributed by atoms with Gasteiger partial charge >= 0.3 is 0 Å². The molecule has 0 aliphatic carbocycles. The average Bonchev–Trinajstić information content (AvgIpc) is 3.29. The third-order valence-corrected chi connectivity index (χ3v) is 6.06. The third kappa shape index (κ3) is 3.11. The zero-order valence-corrected chi connectivity index (χ0v) is 17.5. The lowest BCUT2D eigenvalue weighted by atomic mass is 10.0. The minimum Gasteiger partial charge on any atom is -0.354 e. The predicted molar refractivity (Wildman–Crippen MR) is 117 cm³/mol. The maximum Gasteiger partial charge on any atom is 0.224 e. The van der Waals surface area contributed by atoms with Gasteiger partial charge in [0, 0.05) is 35.9 Å². The van der Waals surface area contributed by atoms with Crippen LogP contribution < -0.4 is 5.32 Å². The van der Waals surface area contributed by atoms with Crippen molar-refractivity contribution in [3.63, 3.8) is 0 Å². The molecule has 4 aromatic rings. The largest absolute Gasteiger partial charge is 0.354 e. The smallest absolute Gasteiger partial charge is 0.224 e. The second kappa shape index (κ2) is 7.36. The fraction of sp³-hybridized carbons (Fsp3) is 0.409. The molecule has 1 fully saturated rings. The van der Waals surface area contributed by atoms with Gasteiger partial charge in [-0.3, -0.25) is 0 Å². The van der Waals surface area contributed by atoms with Crippen molar-refractivity contribution in [1.29, 1.82) is 0 Å². The van der Waals surface area contributed by atoms with E-state index in [2.05, 4.69) is 47.8 Å². The van der Waals surface area contributed by atoms with Crippen LogP contribution in [0.4, 0.5) is 10.3 Å². The number of imidazole rings is 1. The predicted octanol–water partition coefficient (Wildman–Crippen LogP) is 4.12. The van der Waals surface area contributed by atoms with Gasteiger partial charge in [0.2, 0.25) is 5.95 Å². The van der Waals surface area contributed by atoms with Gasteiger partial charge in [0.25, 0.3) is 0 Å². The molecule has 1 aromatic carbocycles. The highest BCUT2D eigenvalue weighted by Gasteiger charge is 2.24. The minimum absolute atomic E-state index is 0.295. The van der Waals surface area contributed by atoms with Crippen molar-refractivity contribution < 1.29 is 4.39 Å². The first-order valence-corrected chi connectivity index (χ1v) is 10.5. The lowest BCUT2D eigenvalue weighted by Crippen LogP contribution is -2.31. The summed E-state index contributed by atoms with van der Waals surface area (Å²) in [6, 6.07) is 3.96. The summed E-state index contributed by atoms with van der Waals surface area (Å²) in [6.07, 6.45) is 5.75. The number of hydrogen-bond donors (Lipinski definition) is 2. The first-order valence-electron chi connectivity index (χ1n) is 10.5. The van der Waals surface area contributed by atoms with E-state index >= 15 is 4.39 Å². The topological polar surface area (TPSA) is 74.7 Å². The molecule has 2 N–H and O–H groups in total. The molecule has 5 rings (SSSR count). The molecule has 0 atom stereocenters. The Bertz CT molecular complexity index is 1220. The third-order valence-electron chi connectivity index (χ3n) is 6.06. The number of nitrogens with one attached hydrogen (secondary N) is 2. The monoisotopic (exact) mass is 407 g/mol. The number of likely N-dealkylation sites (tertiary alicyclic amines) is 1. The Balaban J connectivity index is 1.62. The van der Waals surface area contributed by atoms with Crippen LogP contribution in [0.3, 0.4) is 0 Å². The number of piperidine rings is 1. The molecule has 1 aliphatic heterocycles. The Kier molecular flexibility index (Phi) is 4.66. The molecule has 0 unspecified atom stereocenters. The summed E-state index contributed by atoms with van der Waals surface area (Å²) < 4.78 is 17.3. The van der Waals surface area contributed by atoms with Crippen LogP contribution in [-0.4, -0.2) is 56.1 Å². The highest BCUT2D eigenvalue weighted by Crippen LogP contribution is 2.34. The zero-order chi connectivity index (χ0) is 20.8. The number of rotatable bonds is 4. The van der Waals surface area contributed by atoms with E-state index in [-0.39, 0.29) is 5.82 Å². The standard InChI is InChI=1S/C22H26FN7/c1-4-24-22-26-12-17-16(11-25-21(17)28-22)14-9-18(23)20-19(10-14)30(13(2)27-20)15-5-7-29(3)8-6-15/h9-12,15H,4-8H2,1-3H3,(H2,24,25,26,28). The molecule has 3 aromatic heterocycles. The molecule has 0 saturated carbocycles. The summed E-state index contributed by atoms with van der Waals surface area (Å²) in [5, 5.41) is 3.99. The Morgan fingerprint density at radius 1 is 1.23 bits per heavy atom. The molecule has 0 radical (unpaired) electrons. The quantitative estimate of drug-likeness (QED) is 0.532. The van der Waals surface area contributed by atoms with Crippen molar-refractivity contribution in [3.8, 4) is 11.1 Å². The molecule has 7 nitrogen and oxygen atoms in total. The van der Waals surface area contributed by atoms with E-state index < -0.39 is 0 Å². The molecule has 30 heavy (non-hydrogen) atoms. The average molecular weight is 407 g/mol. The van der Waals surface area contributed by atoms with Crippen LogP contribution in [0, 0.1) is 12.7 Å². The van der Waals surface area contributed by atoms with E-state index in [0.717, 1.165) is 66.0 Å². The van der Waals surface area contributed by atoms with E-state index in [9.17, 15) is 0 Å². The van der Waals surface area contributed by atoms with Crippen molar-refractivity contribution >= 4 is 28.0 Å². The Labute approximate surface area is 174 Å². The molecule has 0 amide bonds. The van der Waals surface area contributed by atoms with Gasteiger partial charge in [0.05, 0.1) is 5.52 Å². The molecule has 8 heteroatoms. The van der Waals surface area contributed by atoms with Crippen molar-refractivity contribution in [1.82, 2.24) is 29.4 Å². The molecule has 1 saturated heterocycles. The van der Waals surface area contributed by atoms with Gasteiger partial charge in [0.15, 0.2) is 5.82 Å². The molecule has 0 spiro atoms. The second-order valence-corrected chi connectivity index (χ2v) is 8.08. The summed E-state index contributed by atoms with van der Waals surface area (Å²) in [4.78, 5) is 19.0. The number of nitrogens with zero attached hydrogens (tertiary/aromatic N) is 5. The molecule has 1 aliphatic rings. The molecular weight excluding hydrogens is 381 g/mol. The van der Waals surface area contributed by atoms with Gasteiger partial charge in [-0.15, -0.1) is 0 Å². The lowest BCUT2D eigenvalue weighted by molar-refractivity contribution is 0.222. The number of aromatic nitrogens is 5. The van der Waals surface area contributed by atoms with Gasteiger partial charge < -0.3 is 19.8 Å². The normalized spacial score (nSPS) is 16.0. The second-order valence-electron chi connectivity index (χ2n) is 8.08. The molecule has 156 valence electrons. The van der Waals surface area contributed by atoms with Gasteiger partial charge in [-0.05, 0) is 64.5 Å². The first-order chi connectivity index (χ1) is 14.5. The summed E-state index contributed by atoms with van der Waals surface area (Å²) in [5.74, 6) is 1.15. The summed E-state index contributed by atoms with van der Waals surface area (Å²) in [6.45, 7) is 6.81. The highest BCUT2D eigenvalue weighted by molar-refractivity contribution is 5.96. The van der Waals surface area contributed by atoms with Crippen LogP contribution in [0.2, 0.25) is 0 Å². The SMILES string of the molecule is CCNc1ncc2c(-c3cc(F)c4nc(C)n(C5CCN(C)CC5)c4c3)c[nH]c2n1. The van der Waals surface area contributed by atoms with Crippen LogP contribution in [0.5, 0.6) is 0 Å². The number of aryl methyl sites for hydroxylation is 1. The van der Waals surface area contributed by atoms with Crippen molar-refractivity contribution in [2.45, 2.75) is 32.7 Å². The Morgan fingerprint density at radius 3 is 2.80 bits per heavy atom. The fourth-order valence-corrected chi connectivity index (χ4v) is 4.53. The van der Waals surface area contributed by atoms with Crippen LogP contribution >= 0.6 is 0 Å². The number of benzene rings is 1. The minimum atomic E-state index is -0.295. The Morgan fingerprint density at radius 2 is 2.03 bits per heavy atom. The van der Waals surface area contributed by atoms with Gasteiger partial charge in [-0.2, -0.15) is 4.98 Å². The summed E-state index contributed by atoms with van der Waals surface area (Å²) >= 11 is 0. The van der Waals surface area contributed by atoms with Crippen LogP contribution in [0.1, 0.15) is 31.6 Å². The van der Waals surface area contributed by atoms with Gasteiger partial charge in [-0.1, -0.05) is 0 Å². The van der Waals surface area contributed by atoms with E-state index in [1.54, 1.807) is 12.3 Å². The molecule has 0 bridgehead atoms. The lowest BCUT2D eigenvalue weighted by Gasteiger charge is -2.30. The first kappa shape index (κ1) is 19.0. The van der Waals surface area contributed by atoms with Gasteiger partial charge in [0.1, 0.15) is 17.0 Å². The van der Waals surface area contributed by atoms with Crippen molar-refractivity contribution in [3.05, 3.63) is 36.2 Å². The van der Waals surface area contributed by atoms with Gasteiger partial charge in [-0.25, -0.2) is 14.4 Å². The summed E-state index contributed by atoms with van der Waals surface area (Å²) in [7, 11) is 2.15. The number of H-pyrrole nitrogens is 1. The molecular formula is C22H26FN7. The number of anilines is 1. The number of aromatic amines is 1. The number of hydrogen-bond acceptors (Lipinski definition) is 5. The van der Waals surface area contributed by atoms with Crippen LogP contribution in [0.15, 0.2) is 24.5 Å². The van der Waals surface area contributed by atoms with E-state index in [1.165, 1.54) is 0 Å². The Hall–Kier alpha value is -3.00. The summed E-state index contributed by atoms with van der Waals surface area (Å²) in [5.41, 5.74) is 3.73. The maximum atomic E-state index is 15.1. The van der Waals surface area contributed by atoms with E-state index in [0.29, 0.717) is 17.5 Å². The van der Waals surface area contributed by atoms with Crippen molar-refractivity contribution in [2.75, 3.05) is 32.0 Å². The molecule has 4 heterocycles. The number of halogens is 1. The fourth-order valence-electron chi connectivity index (χ4n) is 4.53. The maximum absolute atomic E-state index is 15.1. The van der Waals surface area contributed by atoms with E-state index in [4.69, 9.17) is 0 Å². The van der Waals surface area contributed by atoms with Crippen LogP contribution in [-0.2, 0) is 0 Å².